The van der Waals surface area contributed by atoms with Crippen LogP contribution < -0.4 is 9.47 Å². The maximum Gasteiger partial charge on any atom is 0.314 e. The summed E-state index contributed by atoms with van der Waals surface area (Å²) in [5.41, 5.74) is 0. The van der Waals surface area contributed by atoms with Crippen molar-refractivity contribution >= 4 is 11.9 Å². The topological polar surface area (TPSA) is 52.6 Å². The van der Waals surface area contributed by atoms with Crippen molar-refractivity contribution in [2.45, 2.75) is 85.0 Å². The van der Waals surface area contributed by atoms with Crippen molar-refractivity contribution in [3.8, 4) is 11.5 Å². The Kier molecular flexibility index (Phi) is 11.4. The van der Waals surface area contributed by atoms with Gasteiger partial charge in [-0.15, -0.1) is 0 Å². The fourth-order valence-corrected chi connectivity index (χ4v) is 2.68. The highest BCUT2D eigenvalue weighted by atomic mass is 16.6. The number of carbonyl (C=O) groups is 2. The third kappa shape index (κ3) is 9.02. The lowest BCUT2D eigenvalue weighted by molar-refractivity contribution is -0.140. The van der Waals surface area contributed by atoms with Crippen molar-refractivity contribution in [1.82, 2.24) is 0 Å². The van der Waals surface area contributed by atoms with Crippen LogP contribution in [0.4, 0.5) is 0 Å². The van der Waals surface area contributed by atoms with Crippen LogP contribution in [-0.2, 0) is 9.59 Å². The summed E-state index contributed by atoms with van der Waals surface area (Å²) in [4.78, 5) is 24.2. The highest BCUT2D eigenvalue weighted by molar-refractivity contribution is 5.77. The molecular formula is C22H34O4. The Bertz CT molecular complexity index is 539. The second-order valence-electron chi connectivity index (χ2n) is 6.90. The summed E-state index contributed by atoms with van der Waals surface area (Å²) in [6, 6.07) is 6.87. The number of ether oxygens (including phenoxy) is 2. The molecule has 1 atom stereocenters. The normalized spacial score (nSPS) is 11.8. The van der Waals surface area contributed by atoms with Gasteiger partial charge in [0.05, 0.1) is 5.92 Å². The standard InChI is InChI=1S/C22H34O4/c1-4-6-8-9-10-11-17-21(23)25-19-15-12-13-16-20(19)26-22(24)18(3)14-7-5-2/h12-13,15-16,18H,4-11,14,17H2,1-3H3. The van der Waals surface area contributed by atoms with Gasteiger partial charge < -0.3 is 9.47 Å². The van der Waals surface area contributed by atoms with E-state index in [1.165, 1.54) is 19.3 Å². The molecule has 0 amide bonds. The Morgan fingerprint density at radius 2 is 1.42 bits per heavy atom. The fourth-order valence-electron chi connectivity index (χ4n) is 2.68. The molecule has 0 fully saturated rings. The number of unbranched alkanes of at least 4 members (excludes halogenated alkanes) is 6. The SMILES string of the molecule is CCCCCCCCC(=O)Oc1ccccc1OC(=O)C(C)CCCC. The maximum absolute atomic E-state index is 12.2. The number of carbonyl (C=O) groups excluding carboxylic acids is 2. The van der Waals surface area contributed by atoms with Gasteiger partial charge in [0.15, 0.2) is 11.5 Å². The second-order valence-corrected chi connectivity index (χ2v) is 6.90. The van der Waals surface area contributed by atoms with E-state index in [9.17, 15) is 9.59 Å². The molecule has 1 aromatic rings. The van der Waals surface area contributed by atoms with Crippen molar-refractivity contribution in [3.05, 3.63) is 24.3 Å². The van der Waals surface area contributed by atoms with E-state index in [0.717, 1.165) is 38.5 Å². The van der Waals surface area contributed by atoms with Crippen LogP contribution in [0.5, 0.6) is 11.5 Å². The van der Waals surface area contributed by atoms with Crippen molar-refractivity contribution in [1.29, 1.82) is 0 Å². The number of esters is 2. The van der Waals surface area contributed by atoms with Crippen LogP contribution in [0.2, 0.25) is 0 Å². The third-order valence-electron chi connectivity index (χ3n) is 4.41. The summed E-state index contributed by atoms with van der Waals surface area (Å²) < 4.78 is 10.9. The van der Waals surface area contributed by atoms with Crippen LogP contribution in [0.25, 0.3) is 0 Å². The highest BCUT2D eigenvalue weighted by Crippen LogP contribution is 2.28. The molecule has 0 spiro atoms. The molecule has 4 heteroatoms. The van der Waals surface area contributed by atoms with Crippen LogP contribution in [0.1, 0.15) is 85.0 Å². The second kappa shape index (κ2) is 13.4. The van der Waals surface area contributed by atoms with Gasteiger partial charge >= 0.3 is 11.9 Å². The van der Waals surface area contributed by atoms with Crippen molar-refractivity contribution in [3.63, 3.8) is 0 Å². The van der Waals surface area contributed by atoms with E-state index in [4.69, 9.17) is 9.47 Å². The average molecular weight is 363 g/mol. The van der Waals surface area contributed by atoms with E-state index in [1.807, 2.05) is 6.92 Å². The molecule has 1 unspecified atom stereocenters. The molecular weight excluding hydrogens is 328 g/mol. The molecule has 0 aromatic heterocycles. The minimum absolute atomic E-state index is 0.165. The van der Waals surface area contributed by atoms with Crippen LogP contribution >= 0.6 is 0 Å². The molecule has 146 valence electrons. The molecule has 0 aliphatic carbocycles. The zero-order valence-corrected chi connectivity index (χ0v) is 16.6. The van der Waals surface area contributed by atoms with Gasteiger partial charge in [-0.3, -0.25) is 9.59 Å². The van der Waals surface area contributed by atoms with Crippen LogP contribution in [0.3, 0.4) is 0 Å². The Hall–Kier alpha value is -1.84. The third-order valence-corrected chi connectivity index (χ3v) is 4.41. The summed E-state index contributed by atoms with van der Waals surface area (Å²) in [5.74, 6) is -0.0839. The minimum atomic E-state index is -0.280. The molecule has 0 aliphatic rings. The highest BCUT2D eigenvalue weighted by Gasteiger charge is 2.18. The first kappa shape index (κ1) is 22.2. The lowest BCUT2D eigenvalue weighted by Crippen LogP contribution is -2.18. The van der Waals surface area contributed by atoms with E-state index < -0.39 is 0 Å². The quantitative estimate of drug-likeness (QED) is 0.243. The van der Waals surface area contributed by atoms with Gasteiger partial charge in [-0.25, -0.2) is 0 Å². The van der Waals surface area contributed by atoms with Gasteiger partial charge in [0.2, 0.25) is 0 Å². The van der Waals surface area contributed by atoms with E-state index in [2.05, 4.69) is 13.8 Å². The van der Waals surface area contributed by atoms with Crippen molar-refractivity contribution < 1.29 is 19.1 Å². The number of hydrogen-bond donors (Lipinski definition) is 0. The monoisotopic (exact) mass is 362 g/mol. The minimum Gasteiger partial charge on any atom is -0.423 e. The van der Waals surface area contributed by atoms with Gasteiger partial charge in [0.25, 0.3) is 0 Å². The Balaban J connectivity index is 2.47. The Morgan fingerprint density at radius 3 is 2.08 bits per heavy atom. The van der Waals surface area contributed by atoms with Gasteiger partial charge in [-0.2, -0.15) is 0 Å². The summed E-state index contributed by atoms with van der Waals surface area (Å²) in [6.07, 6.45) is 9.95. The predicted molar refractivity (Wildman–Crippen MR) is 104 cm³/mol. The largest absolute Gasteiger partial charge is 0.423 e. The first-order valence-electron chi connectivity index (χ1n) is 10.1. The van der Waals surface area contributed by atoms with Gasteiger partial charge in [0.1, 0.15) is 0 Å². The molecule has 0 N–H and O–H groups in total. The molecule has 0 bridgehead atoms. The van der Waals surface area contributed by atoms with E-state index in [0.29, 0.717) is 17.9 Å². The van der Waals surface area contributed by atoms with Gasteiger partial charge in [0, 0.05) is 6.42 Å². The van der Waals surface area contributed by atoms with Crippen molar-refractivity contribution in [2.24, 2.45) is 5.92 Å². The first-order valence-corrected chi connectivity index (χ1v) is 10.1. The molecule has 0 radical (unpaired) electrons. The zero-order chi connectivity index (χ0) is 19.2. The van der Waals surface area contributed by atoms with Gasteiger partial charge in [-0.05, 0) is 25.0 Å². The molecule has 0 aliphatic heterocycles. The number of para-hydroxylation sites is 2. The Labute approximate surface area is 158 Å². The molecule has 1 rings (SSSR count). The number of hydrogen-bond acceptors (Lipinski definition) is 4. The van der Waals surface area contributed by atoms with Gasteiger partial charge in [-0.1, -0.05) is 77.8 Å². The van der Waals surface area contributed by atoms with Crippen LogP contribution in [0, 0.1) is 5.92 Å². The first-order chi connectivity index (χ1) is 12.6. The van der Waals surface area contributed by atoms with Crippen LogP contribution in [0.15, 0.2) is 24.3 Å². The summed E-state index contributed by atoms with van der Waals surface area (Å²) in [5, 5.41) is 0. The lowest BCUT2D eigenvalue weighted by atomic mass is 10.1. The molecule has 26 heavy (non-hydrogen) atoms. The molecule has 4 nitrogen and oxygen atoms in total. The molecule has 0 heterocycles. The lowest BCUT2D eigenvalue weighted by Gasteiger charge is -2.13. The Morgan fingerprint density at radius 1 is 0.846 bits per heavy atom. The van der Waals surface area contributed by atoms with E-state index >= 15 is 0 Å². The zero-order valence-electron chi connectivity index (χ0n) is 16.6. The smallest absolute Gasteiger partial charge is 0.314 e. The number of rotatable bonds is 13. The molecule has 1 aromatic carbocycles. The maximum atomic E-state index is 12.2. The van der Waals surface area contributed by atoms with E-state index in [-0.39, 0.29) is 17.9 Å². The average Bonchev–Trinajstić information content (AvgIpc) is 2.64. The van der Waals surface area contributed by atoms with Crippen LogP contribution in [-0.4, -0.2) is 11.9 Å². The molecule has 0 saturated heterocycles. The predicted octanol–water partition coefficient (Wildman–Crippen LogP) is 6.07. The summed E-state index contributed by atoms with van der Waals surface area (Å²) >= 11 is 0. The summed E-state index contributed by atoms with van der Waals surface area (Å²) in [7, 11) is 0. The summed E-state index contributed by atoms with van der Waals surface area (Å²) in [6.45, 7) is 6.15. The number of benzene rings is 1. The molecule has 0 saturated carbocycles. The fraction of sp³-hybridized carbons (Fsp3) is 0.636. The van der Waals surface area contributed by atoms with E-state index in [1.54, 1.807) is 24.3 Å². The van der Waals surface area contributed by atoms with Crippen molar-refractivity contribution in [2.75, 3.05) is 0 Å².